The molecule has 2 aliphatic rings. The predicted molar refractivity (Wildman–Crippen MR) is 83.4 cm³/mol. The summed E-state index contributed by atoms with van der Waals surface area (Å²) in [5, 5.41) is 0. The molecule has 0 unspecified atom stereocenters. The van der Waals surface area contributed by atoms with E-state index in [1.54, 1.807) is 7.11 Å². The van der Waals surface area contributed by atoms with Crippen LogP contribution < -0.4 is 0 Å². The topological polar surface area (TPSA) is 61.8 Å². The lowest BCUT2D eigenvalue weighted by Crippen LogP contribution is -2.30. The number of rotatable bonds is 5. The Labute approximate surface area is 133 Å². The van der Waals surface area contributed by atoms with Crippen LogP contribution in [0.15, 0.2) is 0 Å². The minimum absolute atomic E-state index is 0.0208. The van der Waals surface area contributed by atoms with Crippen molar-refractivity contribution >= 4 is 11.9 Å². The largest absolute Gasteiger partial charge is 0.469 e. The summed E-state index contributed by atoms with van der Waals surface area (Å²) in [6, 6.07) is 0. The highest BCUT2D eigenvalue weighted by Crippen LogP contribution is 2.42. The lowest BCUT2D eigenvalue weighted by Gasteiger charge is -2.25. The second-order valence-corrected chi connectivity index (χ2v) is 6.23. The Morgan fingerprint density at radius 1 is 0.955 bits per heavy atom. The highest BCUT2D eigenvalue weighted by Gasteiger charge is 2.41. The van der Waals surface area contributed by atoms with E-state index in [4.69, 9.17) is 9.47 Å². The summed E-state index contributed by atoms with van der Waals surface area (Å²) >= 11 is 0. The van der Waals surface area contributed by atoms with Crippen LogP contribution in [0.3, 0.4) is 0 Å². The number of carbonyl (C=O) groups is 2. The normalized spacial score (nSPS) is 20.1. The van der Waals surface area contributed by atoms with Crippen LogP contribution in [0.25, 0.3) is 0 Å². The molecule has 0 radical (unpaired) electrons. The summed E-state index contributed by atoms with van der Waals surface area (Å²) in [6.45, 7) is 0.648. The van der Waals surface area contributed by atoms with Gasteiger partial charge in [0.1, 0.15) is 0 Å². The van der Waals surface area contributed by atoms with E-state index in [1.807, 2.05) is 0 Å². The second kappa shape index (κ2) is 9.82. The SMILES string of the molecule is COC(=O)C1CCCC1.COCCC1(C(=O)OC)CCCC1. The Bertz CT molecular complexity index is 341. The van der Waals surface area contributed by atoms with E-state index < -0.39 is 0 Å². The van der Waals surface area contributed by atoms with Gasteiger partial charge in [-0.25, -0.2) is 0 Å². The van der Waals surface area contributed by atoms with Gasteiger partial charge in [-0.1, -0.05) is 25.7 Å². The fourth-order valence-electron chi connectivity index (χ4n) is 3.45. The monoisotopic (exact) mass is 314 g/mol. The van der Waals surface area contributed by atoms with Crippen LogP contribution in [-0.2, 0) is 23.8 Å². The van der Waals surface area contributed by atoms with Crippen molar-refractivity contribution in [3.05, 3.63) is 0 Å². The van der Waals surface area contributed by atoms with Gasteiger partial charge in [0.25, 0.3) is 0 Å². The number of ether oxygens (including phenoxy) is 3. The zero-order chi connectivity index (χ0) is 16.4. The third-order valence-corrected chi connectivity index (χ3v) is 4.85. The van der Waals surface area contributed by atoms with Gasteiger partial charge in [-0.2, -0.15) is 0 Å². The first-order valence-corrected chi connectivity index (χ1v) is 8.25. The van der Waals surface area contributed by atoms with Crippen molar-refractivity contribution in [3.8, 4) is 0 Å². The third kappa shape index (κ3) is 5.27. The molecular weight excluding hydrogens is 284 g/mol. The van der Waals surface area contributed by atoms with Crippen LogP contribution in [0.5, 0.6) is 0 Å². The summed E-state index contributed by atoms with van der Waals surface area (Å²) in [5.41, 5.74) is -0.231. The van der Waals surface area contributed by atoms with E-state index in [9.17, 15) is 9.59 Å². The van der Waals surface area contributed by atoms with Crippen molar-refractivity contribution in [2.24, 2.45) is 11.3 Å². The molecule has 0 N–H and O–H groups in total. The molecule has 0 aromatic heterocycles. The maximum atomic E-state index is 11.6. The molecule has 0 aromatic rings. The van der Waals surface area contributed by atoms with Gasteiger partial charge in [-0.05, 0) is 32.1 Å². The molecule has 5 nitrogen and oxygen atoms in total. The van der Waals surface area contributed by atoms with Gasteiger partial charge in [0.15, 0.2) is 0 Å². The van der Waals surface area contributed by atoms with Crippen LogP contribution in [0.1, 0.15) is 57.8 Å². The lowest BCUT2D eigenvalue weighted by molar-refractivity contribution is -0.153. The Hall–Kier alpha value is -1.10. The Balaban J connectivity index is 0.000000235. The molecule has 0 atom stereocenters. The molecule has 0 heterocycles. The maximum Gasteiger partial charge on any atom is 0.311 e. The molecule has 2 aliphatic carbocycles. The molecule has 0 amide bonds. The standard InChI is InChI=1S/C10H18O3.C7H12O2/c1-12-8-7-10(9(11)13-2)5-3-4-6-10;1-9-7(8)6-4-2-3-5-6/h3-8H2,1-2H3;6H,2-5H2,1H3. The molecular formula is C17H30O5. The molecule has 0 saturated heterocycles. The van der Waals surface area contributed by atoms with Crippen LogP contribution in [0.2, 0.25) is 0 Å². The smallest absolute Gasteiger partial charge is 0.311 e. The van der Waals surface area contributed by atoms with Gasteiger partial charge < -0.3 is 14.2 Å². The first-order valence-electron chi connectivity index (χ1n) is 8.25. The molecule has 0 aliphatic heterocycles. The number of hydrogen-bond acceptors (Lipinski definition) is 5. The van der Waals surface area contributed by atoms with Crippen molar-refractivity contribution in [2.45, 2.75) is 57.8 Å². The molecule has 22 heavy (non-hydrogen) atoms. The quantitative estimate of drug-likeness (QED) is 0.730. The molecule has 5 heteroatoms. The fraction of sp³-hybridized carbons (Fsp3) is 0.882. The summed E-state index contributed by atoms with van der Waals surface area (Å²) in [7, 11) is 4.59. The minimum Gasteiger partial charge on any atom is -0.469 e. The van der Waals surface area contributed by atoms with Crippen molar-refractivity contribution in [3.63, 3.8) is 0 Å². The Morgan fingerprint density at radius 2 is 1.55 bits per heavy atom. The molecule has 2 fully saturated rings. The van der Waals surface area contributed by atoms with Crippen molar-refractivity contribution in [2.75, 3.05) is 27.9 Å². The Kier molecular flexibility index (Phi) is 8.46. The van der Waals surface area contributed by atoms with Crippen molar-refractivity contribution < 1.29 is 23.8 Å². The molecule has 2 rings (SSSR count). The zero-order valence-corrected chi connectivity index (χ0v) is 14.2. The zero-order valence-electron chi connectivity index (χ0n) is 14.2. The highest BCUT2D eigenvalue weighted by molar-refractivity contribution is 5.77. The van der Waals surface area contributed by atoms with Crippen molar-refractivity contribution in [1.82, 2.24) is 0 Å². The van der Waals surface area contributed by atoms with Gasteiger partial charge in [0, 0.05) is 13.7 Å². The van der Waals surface area contributed by atoms with Gasteiger partial charge in [-0.3, -0.25) is 9.59 Å². The number of esters is 2. The fourth-order valence-corrected chi connectivity index (χ4v) is 3.45. The summed E-state index contributed by atoms with van der Waals surface area (Å²) < 4.78 is 14.5. The first-order chi connectivity index (χ1) is 10.6. The van der Waals surface area contributed by atoms with Crippen LogP contribution in [0, 0.1) is 11.3 Å². The van der Waals surface area contributed by atoms with Crippen LogP contribution >= 0.6 is 0 Å². The van der Waals surface area contributed by atoms with E-state index >= 15 is 0 Å². The third-order valence-electron chi connectivity index (χ3n) is 4.85. The molecule has 0 aromatic carbocycles. The van der Waals surface area contributed by atoms with Crippen LogP contribution in [-0.4, -0.2) is 39.9 Å². The number of carbonyl (C=O) groups excluding carboxylic acids is 2. The van der Waals surface area contributed by atoms with E-state index in [2.05, 4.69) is 4.74 Å². The van der Waals surface area contributed by atoms with Gasteiger partial charge in [-0.15, -0.1) is 0 Å². The summed E-state index contributed by atoms with van der Waals surface area (Å²) in [6.07, 6.45) is 9.46. The summed E-state index contributed by atoms with van der Waals surface area (Å²) in [5.74, 6) is 0.143. The number of hydrogen-bond donors (Lipinski definition) is 0. The van der Waals surface area contributed by atoms with E-state index in [-0.39, 0.29) is 23.3 Å². The Morgan fingerprint density at radius 3 is 2.00 bits per heavy atom. The summed E-state index contributed by atoms with van der Waals surface area (Å²) in [4.78, 5) is 22.4. The van der Waals surface area contributed by atoms with Crippen molar-refractivity contribution in [1.29, 1.82) is 0 Å². The lowest BCUT2D eigenvalue weighted by atomic mass is 9.83. The first kappa shape index (κ1) is 18.9. The van der Waals surface area contributed by atoms with Gasteiger partial charge >= 0.3 is 11.9 Å². The van der Waals surface area contributed by atoms with E-state index in [0.29, 0.717) is 6.61 Å². The van der Waals surface area contributed by atoms with Gasteiger partial charge in [0.2, 0.25) is 0 Å². The highest BCUT2D eigenvalue weighted by atomic mass is 16.5. The minimum atomic E-state index is -0.231. The van der Waals surface area contributed by atoms with E-state index in [0.717, 1.165) is 44.9 Å². The predicted octanol–water partition coefficient (Wildman–Crippen LogP) is 3.11. The van der Waals surface area contributed by atoms with E-state index in [1.165, 1.54) is 27.1 Å². The van der Waals surface area contributed by atoms with Gasteiger partial charge in [0.05, 0.1) is 25.6 Å². The maximum absolute atomic E-state index is 11.6. The average molecular weight is 314 g/mol. The molecule has 0 bridgehead atoms. The molecule has 2 saturated carbocycles. The average Bonchev–Trinajstić information content (AvgIpc) is 3.24. The second-order valence-electron chi connectivity index (χ2n) is 6.23. The molecule has 128 valence electrons. The molecule has 0 spiro atoms. The van der Waals surface area contributed by atoms with Crippen LogP contribution in [0.4, 0.5) is 0 Å². The number of methoxy groups -OCH3 is 3.